The number of methoxy groups -OCH3 is 1. The fourth-order valence-electron chi connectivity index (χ4n) is 7.18. The molecule has 1 saturated carbocycles. The average Bonchev–Trinajstić information content (AvgIpc) is 3.65. The molecule has 8 nitrogen and oxygen atoms in total. The monoisotopic (exact) mass is 545 g/mol. The number of imidazole rings is 1. The number of nitrogens with zero attached hydrogens (tertiary/aromatic N) is 3. The largest absolute Gasteiger partial charge is 0.481 e. The molecule has 3 heterocycles. The van der Waals surface area contributed by atoms with E-state index in [0.717, 1.165) is 67.7 Å². The number of amides is 1. The van der Waals surface area contributed by atoms with Crippen LogP contribution in [0.2, 0.25) is 0 Å². The Morgan fingerprint density at radius 1 is 1.10 bits per heavy atom. The Kier molecular flexibility index (Phi) is 7.53. The van der Waals surface area contributed by atoms with Gasteiger partial charge >= 0.3 is 12.1 Å². The molecule has 0 unspecified atom stereocenters. The number of aliphatic carboxylic acids is 1. The molecule has 1 saturated heterocycles. The first-order chi connectivity index (χ1) is 19.4. The highest BCUT2D eigenvalue weighted by atomic mass is 16.5. The lowest BCUT2D eigenvalue weighted by Crippen LogP contribution is -2.36. The predicted molar refractivity (Wildman–Crippen MR) is 152 cm³/mol. The Labute approximate surface area is 235 Å². The molecule has 2 fully saturated rings. The van der Waals surface area contributed by atoms with Crippen LogP contribution < -0.4 is 0 Å². The van der Waals surface area contributed by atoms with Crippen molar-refractivity contribution in [2.24, 2.45) is 5.92 Å². The fourth-order valence-corrected chi connectivity index (χ4v) is 7.18. The van der Waals surface area contributed by atoms with Crippen LogP contribution in [-0.2, 0) is 33.7 Å². The summed E-state index contributed by atoms with van der Waals surface area (Å²) in [5, 5.41) is 9.60. The molecule has 1 amide bonds. The van der Waals surface area contributed by atoms with E-state index in [0.29, 0.717) is 31.8 Å². The molecule has 40 heavy (non-hydrogen) atoms. The van der Waals surface area contributed by atoms with Gasteiger partial charge in [0, 0.05) is 36.6 Å². The zero-order chi connectivity index (χ0) is 27.8. The van der Waals surface area contributed by atoms with Crippen molar-refractivity contribution in [3.8, 4) is 0 Å². The van der Waals surface area contributed by atoms with Crippen LogP contribution in [-0.4, -0.2) is 58.5 Å². The Morgan fingerprint density at radius 3 is 2.55 bits per heavy atom. The van der Waals surface area contributed by atoms with E-state index in [1.165, 1.54) is 23.8 Å². The average molecular weight is 546 g/mol. The van der Waals surface area contributed by atoms with Crippen molar-refractivity contribution < 1.29 is 24.2 Å². The van der Waals surface area contributed by atoms with Crippen LogP contribution in [0, 0.1) is 5.92 Å². The summed E-state index contributed by atoms with van der Waals surface area (Å²) in [6.45, 7) is 4.86. The summed E-state index contributed by atoms with van der Waals surface area (Å²) in [5.41, 5.74) is 7.13. The molecule has 8 heteroatoms. The maximum atomic E-state index is 12.6. The molecule has 1 N–H and O–H groups in total. The van der Waals surface area contributed by atoms with Crippen molar-refractivity contribution in [3.63, 3.8) is 0 Å². The van der Waals surface area contributed by atoms with Crippen LogP contribution in [0.5, 0.6) is 0 Å². The molecule has 6 rings (SSSR count). The van der Waals surface area contributed by atoms with Crippen molar-refractivity contribution in [2.75, 3.05) is 26.9 Å². The number of carboxylic acids is 1. The van der Waals surface area contributed by atoms with Gasteiger partial charge in [-0.05, 0) is 74.6 Å². The highest BCUT2D eigenvalue weighted by molar-refractivity contribution is 5.84. The van der Waals surface area contributed by atoms with Gasteiger partial charge in [-0.2, -0.15) is 0 Å². The maximum Gasteiger partial charge on any atom is 0.409 e. The first-order valence-corrected chi connectivity index (χ1v) is 14.7. The molecule has 1 aromatic heterocycles. The molecule has 3 aliphatic rings. The molecule has 2 atom stereocenters. The maximum absolute atomic E-state index is 12.6. The number of ether oxygens (including phenoxy) is 2. The summed E-state index contributed by atoms with van der Waals surface area (Å²) in [6.07, 6.45) is 5.32. The van der Waals surface area contributed by atoms with E-state index < -0.39 is 5.97 Å². The normalized spacial score (nSPS) is 23.6. The van der Waals surface area contributed by atoms with Crippen molar-refractivity contribution >= 4 is 23.1 Å². The molecule has 2 aromatic carbocycles. The summed E-state index contributed by atoms with van der Waals surface area (Å²) in [7, 11) is 1.44. The number of hydrogen-bond donors (Lipinski definition) is 1. The number of carbonyl (C=O) groups excluding carboxylic acids is 1. The van der Waals surface area contributed by atoms with Crippen LogP contribution >= 0.6 is 0 Å². The van der Waals surface area contributed by atoms with E-state index in [-0.39, 0.29) is 24.0 Å². The molecule has 212 valence electrons. The third-order valence-electron chi connectivity index (χ3n) is 9.31. The Balaban J connectivity index is 1.50. The van der Waals surface area contributed by atoms with Gasteiger partial charge in [0.1, 0.15) is 5.82 Å². The number of aromatic nitrogens is 2. The Hall–Kier alpha value is -3.39. The minimum absolute atomic E-state index is 0.158. The molecular weight excluding hydrogens is 506 g/mol. The summed E-state index contributed by atoms with van der Waals surface area (Å²) in [5.74, 6) is 0.635. The highest BCUT2D eigenvalue weighted by Crippen LogP contribution is 2.42. The van der Waals surface area contributed by atoms with Gasteiger partial charge in [0.15, 0.2) is 0 Å². The first-order valence-electron chi connectivity index (χ1n) is 14.7. The number of carbonyl (C=O) groups is 2. The van der Waals surface area contributed by atoms with Gasteiger partial charge in [-0.15, -0.1) is 0 Å². The van der Waals surface area contributed by atoms with Crippen LogP contribution in [0.25, 0.3) is 11.0 Å². The van der Waals surface area contributed by atoms with Gasteiger partial charge in [0.2, 0.25) is 0 Å². The van der Waals surface area contributed by atoms with Gasteiger partial charge in [0.05, 0.1) is 37.2 Å². The SMILES string of the molecule is COC(=O)N1CCc2c([C@@H]3CCOC3)cc3c(nc([C@H]4CC[C@H](C(=O)O)CC4)n3[C@H](C)Cc3ccccc3)c2C1. The van der Waals surface area contributed by atoms with E-state index >= 15 is 0 Å². The second-order valence-corrected chi connectivity index (χ2v) is 11.8. The van der Waals surface area contributed by atoms with Crippen molar-refractivity contribution in [1.29, 1.82) is 0 Å². The molecule has 0 spiro atoms. The smallest absolute Gasteiger partial charge is 0.409 e. The van der Waals surface area contributed by atoms with Gasteiger partial charge < -0.3 is 24.0 Å². The van der Waals surface area contributed by atoms with E-state index in [2.05, 4.69) is 41.8 Å². The second-order valence-electron chi connectivity index (χ2n) is 11.8. The van der Waals surface area contributed by atoms with Crippen molar-refractivity contribution in [2.45, 2.75) is 76.3 Å². The standard InChI is InChI=1S/C32H39N3O5/c1-20(16-21-6-4-3-5-7-21)35-28-17-26(24-13-15-40-19-24)25-12-14-34(32(38)39-2)18-27(25)29(28)33-30(35)22-8-10-23(11-9-22)31(36)37/h3-7,17,20,22-24H,8-16,18-19H2,1-2H3,(H,36,37)/t20-,22-,23-,24-/m1/s1. The zero-order valence-corrected chi connectivity index (χ0v) is 23.5. The summed E-state index contributed by atoms with van der Waals surface area (Å²) >= 11 is 0. The van der Waals surface area contributed by atoms with Gasteiger partial charge in [0.25, 0.3) is 0 Å². The minimum Gasteiger partial charge on any atom is -0.481 e. The molecule has 0 radical (unpaired) electrons. The van der Waals surface area contributed by atoms with E-state index in [1.807, 2.05) is 6.07 Å². The van der Waals surface area contributed by atoms with E-state index in [9.17, 15) is 14.7 Å². The van der Waals surface area contributed by atoms with Gasteiger partial charge in [-0.25, -0.2) is 9.78 Å². The molecule has 3 aromatic rings. The van der Waals surface area contributed by atoms with Crippen LogP contribution in [0.15, 0.2) is 36.4 Å². The van der Waals surface area contributed by atoms with Gasteiger partial charge in [-0.3, -0.25) is 4.79 Å². The summed E-state index contributed by atoms with van der Waals surface area (Å²) in [6, 6.07) is 13.1. The van der Waals surface area contributed by atoms with Crippen molar-refractivity contribution in [1.82, 2.24) is 14.5 Å². The van der Waals surface area contributed by atoms with Crippen LogP contribution in [0.3, 0.4) is 0 Å². The first kappa shape index (κ1) is 26.8. The predicted octanol–water partition coefficient (Wildman–Crippen LogP) is 5.83. The Bertz CT molecular complexity index is 1390. The quantitative estimate of drug-likeness (QED) is 0.419. The van der Waals surface area contributed by atoms with Gasteiger partial charge in [-0.1, -0.05) is 30.3 Å². The number of rotatable bonds is 6. The van der Waals surface area contributed by atoms with Crippen molar-refractivity contribution in [3.05, 3.63) is 64.5 Å². The third kappa shape index (κ3) is 4.98. The molecule has 1 aliphatic carbocycles. The topological polar surface area (TPSA) is 93.9 Å². The lowest BCUT2D eigenvalue weighted by molar-refractivity contribution is -0.142. The fraction of sp³-hybridized carbons (Fsp3) is 0.531. The summed E-state index contributed by atoms with van der Waals surface area (Å²) in [4.78, 5) is 31.4. The summed E-state index contributed by atoms with van der Waals surface area (Å²) < 4.78 is 13.4. The third-order valence-corrected chi connectivity index (χ3v) is 9.31. The van der Waals surface area contributed by atoms with Crippen LogP contribution in [0.1, 0.15) is 85.0 Å². The van der Waals surface area contributed by atoms with Crippen LogP contribution in [0.4, 0.5) is 4.79 Å². The Morgan fingerprint density at radius 2 is 1.88 bits per heavy atom. The van der Waals surface area contributed by atoms with E-state index in [4.69, 9.17) is 14.5 Å². The number of fused-ring (bicyclic) bond motifs is 3. The number of benzene rings is 2. The zero-order valence-electron chi connectivity index (χ0n) is 23.5. The molecule has 2 aliphatic heterocycles. The minimum atomic E-state index is -0.690. The highest BCUT2D eigenvalue weighted by Gasteiger charge is 2.35. The number of hydrogen-bond acceptors (Lipinski definition) is 5. The lowest BCUT2D eigenvalue weighted by Gasteiger charge is -2.31. The van der Waals surface area contributed by atoms with E-state index in [1.54, 1.807) is 4.90 Å². The second kappa shape index (κ2) is 11.2. The lowest BCUT2D eigenvalue weighted by atomic mass is 9.81. The number of carboxylic acid groups (broad SMARTS) is 1. The molecular formula is C32H39N3O5. The molecule has 0 bridgehead atoms.